The van der Waals surface area contributed by atoms with Gasteiger partial charge in [-0.1, -0.05) is 0 Å². The average Bonchev–Trinajstić information content (AvgIpc) is 2.97. The molecule has 0 spiro atoms. The fourth-order valence-electron chi connectivity index (χ4n) is 2.24. The lowest BCUT2D eigenvalue weighted by Gasteiger charge is -2.15. The number of guanidine groups is 1. The number of carbonyl (C=O) groups excluding carboxylic acids is 2. The van der Waals surface area contributed by atoms with Crippen LogP contribution in [0.3, 0.4) is 0 Å². The molecule has 0 aromatic heterocycles. The Kier molecular flexibility index (Phi) is 8.32. The Hall–Kier alpha value is -1.79. The summed E-state index contributed by atoms with van der Waals surface area (Å²) in [7, 11) is 0. The van der Waals surface area contributed by atoms with Crippen LogP contribution < -0.4 is 16.0 Å². The van der Waals surface area contributed by atoms with Gasteiger partial charge in [0.25, 0.3) is 0 Å². The quantitative estimate of drug-likeness (QED) is 0.459. The topological polar surface area (TPSA) is 85.8 Å². The Morgan fingerprint density at radius 1 is 1.18 bits per heavy atom. The first-order valence-corrected chi connectivity index (χ1v) is 8.12. The lowest BCUT2D eigenvalue weighted by atomic mass is 10.3. The van der Waals surface area contributed by atoms with Crippen LogP contribution in [0.25, 0.3) is 0 Å². The Labute approximate surface area is 132 Å². The van der Waals surface area contributed by atoms with E-state index < -0.39 is 0 Å². The normalized spacial score (nSPS) is 15.1. The second kappa shape index (κ2) is 10.0. The fraction of sp³-hybridized carbons (Fsp3) is 0.800. The minimum Gasteiger partial charge on any atom is -0.357 e. The van der Waals surface area contributed by atoms with Crippen molar-refractivity contribution in [3.8, 4) is 0 Å². The van der Waals surface area contributed by atoms with Crippen LogP contribution in [0, 0.1) is 0 Å². The Morgan fingerprint density at radius 2 is 1.86 bits per heavy atom. The monoisotopic (exact) mass is 311 g/mol. The molecule has 22 heavy (non-hydrogen) atoms. The minimum atomic E-state index is 0.00601. The number of hydrogen-bond donors (Lipinski definition) is 3. The molecule has 1 rings (SSSR count). The molecule has 0 aromatic carbocycles. The van der Waals surface area contributed by atoms with Crippen molar-refractivity contribution in [2.45, 2.75) is 46.1 Å². The van der Waals surface area contributed by atoms with Gasteiger partial charge >= 0.3 is 0 Å². The first-order valence-electron chi connectivity index (χ1n) is 8.12. The van der Waals surface area contributed by atoms with Gasteiger partial charge in [0.05, 0.1) is 0 Å². The molecular weight excluding hydrogens is 282 g/mol. The van der Waals surface area contributed by atoms with Crippen molar-refractivity contribution in [3.63, 3.8) is 0 Å². The fourth-order valence-corrected chi connectivity index (χ4v) is 2.24. The zero-order valence-corrected chi connectivity index (χ0v) is 13.9. The molecule has 0 bridgehead atoms. The lowest BCUT2D eigenvalue weighted by Crippen LogP contribution is -2.41. The summed E-state index contributed by atoms with van der Waals surface area (Å²) >= 11 is 0. The van der Waals surface area contributed by atoms with E-state index in [0.29, 0.717) is 25.5 Å². The molecule has 0 radical (unpaired) electrons. The summed E-state index contributed by atoms with van der Waals surface area (Å²) in [6.45, 7) is 8.85. The highest BCUT2D eigenvalue weighted by Crippen LogP contribution is 2.07. The Morgan fingerprint density at radius 3 is 2.45 bits per heavy atom. The number of carbonyl (C=O) groups is 2. The van der Waals surface area contributed by atoms with Gasteiger partial charge in [-0.05, 0) is 33.6 Å². The Balaban J connectivity index is 2.35. The van der Waals surface area contributed by atoms with Crippen molar-refractivity contribution in [1.29, 1.82) is 0 Å². The minimum absolute atomic E-state index is 0.00601. The van der Waals surface area contributed by atoms with Crippen molar-refractivity contribution in [2.24, 2.45) is 4.99 Å². The highest BCUT2D eigenvalue weighted by molar-refractivity contribution is 5.85. The summed E-state index contributed by atoms with van der Waals surface area (Å²) in [5.41, 5.74) is 0. The molecule has 3 N–H and O–H groups in total. The maximum atomic E-state index is 12.0. The van der Waals surface area contributed by atoms with Gasteiger partial charge in [-0.2, -0.15) is 0 Å². The van der Waals surface area contributed by atoms with Crippen molar-refractivity contribution in [1.82, 2.24) is 20.9 Å². The maximum absolute atomic E-state index is 12.0. The number of nitrogens with one attached hydrogen (secondary N) is 3. The summed E-state index contributed by atoms with van der Waals surface area (Å²) in [6.07, 6.45) is 2.54. The van der Waals surface area contributed by atoms with Gasteiger partial charge in [-0.25, -0.2) is 4.99 Å². The van der Waals surface area contributed by atoms with Gasteiger partial charge in [-0.3, -0.25) is 9.59 Å². The average molecular weight is 311 g/mol. The van der Waals surface area contributed by atoms with E-state index >= 15 is 0 Å². The molecule has 1 aliphatic rings. The summed E-state index contributed by atoms with van der Waals surface area (Å²) in [5.74, 6) is 0.645. The van der Waals surface area contributed by atoms with Crippen LogP contribution >= 0.6 is 0 Å². The van der Waals surface area contributed by atoms with E-state index in [1.54, 1.807) is 0 Å². The maximum Gasteiger partial charge on any atom is 0.244 e. The van der Waals surface area contributed by atoms with Gasteiger partial charge < -0.3 is 20.9 Å². The van der Waals surface area contributed by atoms with Crippen LogP contribution in [0.15, 0.2) is 4.99 Å². The molecule has 1 fully saturated rings. The van der Waals surface area contributed by atoms with Crippen LogP contribution in [0.2, 0.25) is 0 Å². The molecule has 0 unspecified atom stereocenters. The molecule has 1 saturated heterocycles. The number of nitrogens with zero attached hydrogens (tertiary/aromatic N) is 2. The molecule has 1 heterocycles. The van der Waals surface area contributed by atoms with E-state index in [1.165, 1.54) is 0 Å². The van der Waals surface area contributed by atoms with Gasteiger partial charge in [0.15, 0.2) is 5.96 Å². The van der Waals surface area contributed by atoms with Gasteiger partial charge in [0.2, 0.25) is 11.8 Å². The third kappa shape index (κ3) is 7.28. The van der Waals surface area contributed by atoms with Crippen LogP contribution in [-0.2, 0) is 9.59 Å². The van der Waals surface area contributed by atoms with E-state index in [1.807, 2.05) is 25.7 Å². The Bertz CT molecular complexity index is 389. The lowest BCUT2D eigenvalue weighted by molar-refractivity contribution is -0.128. The molecule has 0 aromatic rings. The van der Waals surface area contributed by atoms with E-state index in [-0.39, 0.29) is 24.4 Å². The molecule has 0 saturated carbocycles. The van der Waals surface area contributed by atoms with Crippen LogP contribution in [0.4, 0.5) is 0 Å². The summed E-state index contributed by atoms with van der Waals surface area (Å²) in [4.78, 5) is 29.7. The third-order valence-corrected chi connectivity index (χ3v) is 3.27. The third-order valence-electron chi connectivity index (χ3n) is 3.27. The first-order chi connectivity index (χ1) is 10.5. The first kappa shape index (κ1) is 18.3. The smallest absolute Gasteiger partial charge is 0.244 e. The van der Waals surface area contributed by atoms with Crippen LogP contribution in [-0.4, -0.2) is 61.4 Å². The van der Waals surface area contributed by atoms with Crippen molar-refractivity contribution in [3.05, 3.63) is 0 Å². The highest BCUT2D eigenvalue weighted by atomic mass is 16.2. The van der Waals surface area contributed by atoms with Crippen molar-refractivity contribution < 1.29 is 9.59 Å². The second-order valence-electron chi connectivity index (χ2n) is 5.68. The largest absolute Gasteiger partial charge is 0.357 e. The second-order valence-corrected chi connectivity index (χ2v) is 5.68. The summed E-state index contributed by atoms with van der Waals surface area (Å²) < 4.78 is 0. The molecule has 2 amide bonds. The van der Waals surface area contributed by atoms with E-state index in [0.717, 1.165) is 25.9 Å². The number of aliphatic imine (C=N–C) groups is 1. The number of hydrogen-bond acceptors (Lipinski definition) is 3. The summed E-state index contributed by atoms with van der Waals surface area (Å²) in [6, 6.07) is 0.146. The van der Waals surface area contributed by atoms with E-state index in [4.69, 9.17) is 0 Å². The van der Waals surface area contributed by atoms with Gasteiger partial charge in [-0.15, -0.1) is 0 Å². The predicted octanol–water partition coefficient (Wildman–Crippen LogP) is 0.0786. The molecular formula is C15H29N5O2. The van der Waals surface area contributed by atoms with E-state index in [9.17, 15) is 9.59 Å². The van der Waals surface area contributed by atoms with Crippen molar-refractivity contribution >= 4 is 17.8 Å². The molecule has 0 atom stereocenters. The van der Waals surface area contributed by atoms with E-state index in [2.05, 4.69) is 20.9 Å². The van der Waals surface area contributed by atoms with Crippen LogP contribution in [0.5, 0.6) is 0 Å². The van der Waals surface area contributed by atoms with Crippen molar-refractivity contribution in [2.75, 3.05) is 32.7 Å². The standard InChI is InChI=1S/C15H29N5O2/c1-4-16-15(17-8-7-13(21)19-12(2)3)18-11-14(22)20-9-5-6-10-20/h12H,4-11H2,1-3H3,(H,19,21)(H2,16,17,18). The van der Waals surface area contributed by atoms with Gasteiger partial charge in [0, 0.05) is 38.6 Å². The van der Waals surface area contributed by atoms with Crippen LogP contribution in [0.1, 0.15) is 40.0 Å². The molecule has 1 aliphatic heterocycles. The SMILES string of the molecule is CCNC(=NCC(=O)N1CCCC1)NCCC(=O)NC(C)C. The molecule has 126 valence electrons. The highest BCUT2D eigenvalue weighted by Gasteiger charge is 2.17. The zero-order chi connectivity index (χ0) is 16.4. The molecule has 7 nitrogen and oxygen atoms in total. The molecule has 7 heteroatoms. The molecule has 0 aliphatic carbocycles. The number of rotatable bonds is 7. The zero-order valence-electron chi connectivity index (χ0n) is 13.9. The summed E-state index contributed by atoms with van der Waals surface area (Å²) in [5, 5.41) is 8.99. The number of likely N-dealkylation sites (tertiary alicyclic amines) is 1. The predicted molar refractivity (Wildman–Crippen MR) is 87.7 cm³/mol. The van der Waals surface area contributed by atoms with Gasteiger partial charge in [0.1, 0.15) is 6.54 Å². The number of amides is 2.